The molecule has 6 nitrogen and oxygen atoms in total. The topological polar surface area (TPSA) is 85.6 Å². The van der Waals surface area contributed by atoms with Gasteiger partial charge in [0.2, 0.25) is 5.76 Å². The van der Waals surface area contributed by atoms with Crippen LogP contribution in [0.4, 0.5) is 5.69 Å². The molecule has 0 bridgehead atoms. The summed E-state index contributed by atoms with van der Waals surface area (Å²) in [5.74, 6) is -1.59. The second-order valence-corrected chi connectivity index (χ2v) is 6.42. The van der Waals surface area contributed by atoms with Gasteiger partial charge in [0, 0.05) is 11.8 Å². The number of amides is 1. The molecule has 27 heavy (non-hydrogen) atoms. The normalized spacial score (nSPS) is 10.6. The minimum Gasteiger partial charge on any atom is -0.450 e. The van der Waals surface area contributed by atoms with E-state index in [0.717, 1.165) is 22.8 Å². The van der Waals surface area contributed by atoms with Gasteiger partial charge in [0.05, 0.1) is 5.39 Å². The minimum atomic E-state index is -0.870. The maximum absolute atomic E-state index is 12.2. The van der Waals surface area contributed by atoms with Crippen molar-refractivity contribution < 1.29 is 18.7 Å². The Labute approximate surface area is 155 Å². The predicted octanol–water partition coefficient (Wildman–Crippen LogP) is 3.51. The second kappa shape index (κ2) is 7.45. The zero-order valence-corrected chi connectivity index (χ0v) is 15.3. The van der Waals surface area contributed by atoms with E-state index < -0.39 is 18.5 Å². The van der Waals surface area contributed by atoms with Gasteiger partial charge in [0.15, 0.2) is 12.0 Å². The van der Waals surface area contributed by atoms with Crippen LogP contribution in [0, 0.1) is 20.8 Å². The van der Waals surface area contributed by atoms with E-state index in [1.807, 2.05) is 39.0 Å². The number of anilines is 1. The Morgan fingerprint density at radius 3 is 2.48 bits per heavy atom. The molecule has 3 aromatic rings. The van der Waals surface area contributed by atoms with Crippen molar-refractivity contribution in [3.05, 3.63) is 75.1 Å². The summed E-state index contributed by atoms with van der Waals surface area (Å²) >= 11 is 0. The number of aryl methyl sites for hydroxylation is 3. The molecule has 0 aliphatic heterocycles. The third-order valence-corrected chi connectivity index (χ3v) is 4.09. The van der Waals surface area contributed by atoms with Crippen LogP contribution in [0.3, 0.4) is 0 Å². The largest absolute Gasteiger partial charge is 0.450 e. The average Bonchev–Trinajstić information content (AvgIpc) is 2.63. The van der Waals surface area contributed by atoms with Gasteiger partial charge >= 0.3 is 5.97 Å². The van der Waals surface area contributed by atoms with Crippen LogP contribution >= 0.6 is 0 Å². The average molecular weight is 365 g/mol. The Kier molecular flexibility index (Phi) is 5.07. The van der Waals surface area contributed by atoms with Gasteiger partial charge in [0.1, 0.15) is 5.58 Å². The van der Waals surface area contributed by atoms with Crippen LogP contribution in [0.5, 0.6) is 0 Å². The van der Waals surface area contributed by atoms with Crippen LogP contribution in [0.1, 0.15) is 27.2 Å². The first-order valence-electron chi connectivity index (χ1n) is 8.42. The molecule has 1 aromatic heterocycles. The summed E-state index contributed by atoms with van der Waals surface area (Å²) < 4.78 is 10.4. The number of ether oxygens (including phenoxy) is 1. The van der Waals surface area contributed by atoms with Crippen molar-refractivity contribution in [2.24, 2.45) is 0 Å². The highest BCUT2D eigenvalue weighted by Crippen LogP contribution is 2.17. The highest BCUT2D eigenvalue weighted by atomic mass is 16.5. The van der Waals surface area contributed by atoms with Crippen molar-refractivity contribution in [3.8, 4) is 0 Å². The second-order valence-electron chi connectivity index (χ2n) is 6.42. The molecule has 6 heteroatoms. The molecular weight excluding hydrogens is 346 g/mol. The number of hydrogen-bond donors (Lipinski definition) is 1. The summed E-state index contributed by atoms with van der Waals surface area (Å²) in [6.45, 7) is 5.16. The van der Waals surface area contributed by atoms with Gasteiger partial charge in [-0.2, -0.15) is 0 Å². The molecule has 3 rings (SSSR count). The van der Waals surface area contributed by atoms with Crippen molar-refractivity contribution >= 4 is 28.5 Å². The monoisotopic (exact) mass is 365 g/mol. The lowest BCUT2D eigenvalue weighted by Gasteiger charge is -2.10. The summed E-state index contributed by atoms with van der Waals surface area (Å²) in [4.78, 5) is 36.4. The van der Waals surface area contributed by atoms with E-state index in [-0.39, 0.29) is 11.2 Å². The van der Waals surface area contributed by atoms with Crippen LogP contribution in [0.25, 0.3) is 11.0 Å². The van der Waals surface area contributed by atoms with Gasteiger partial charge < -0.3 is 14.5 Å². The third kappa shape index (κ3) is 4.23. The number of nitrogens with one attached hydrogen (secondary N) is 1. The summed E-state index contributed by atoms with van der Waals surface area (Å²) in [7, 11) is 0. The molecule has 1 heterocycles. The highest BCUT2D eigenvalue weighted by molar-refractivity contribution is 5.95. The standard InChI is InChI=1S/C21H19NO5/c1-12-5-7-18-15(8-12)17(23)10-19(27-18)21(25)26-11-20(24)22-16-9-13(2)4-6-14(16)3/h4-10H,11H2,1-3H3,(H,22,24). The summed E-state index contributed by atoms with van der Waals surface area (Å²) in [5, 5.41) is 3.08. The Hall–Kier alpha value is -3.41. The van der Waals surface area contributed by atoms with Gasteiger partial charge in [-0.25, -0.2) is 4.79 Å². The lowest BCUT2D eigenvalue weighted by molar-refractivity contribution is -0.119. The van der Waals surface area contributed by atoms with Gasteiger partial charge in [0.25, 0.3) is 5.91 Å². The van der Waals surface area contributed by atoms with Crippen molar-refractivity contribution in [2.75, 3.05) is 11.9 Å². The van der Waals surface area contributed by atoms with E-state index in [0.29, 0.717) is 16.7 Å². The molecule has 1 amide bonds. The van der Waals surface area contributed by atoms with Gasteiger partial charge in [-0.05, 0) is 50.1 Å². The number of hydrogen-bond acceptors (Lipinski definition) is 5. The lowest BCUT2D eigenvalue weighted by atomic mass is 10.1. The summed E-state index contributed by atoms with van der Waals surface area (Å²) in [5.41, 5.74) is 3.42. The SMILES string of the molecule is Cc1ccc(C)c(NC(=O)COC(=O)c2cc(=O)c3cc(C)ccc3o2)c1. The Morgan fingerprint density at radius 1 is 1.00 bits per heavy atom. The smallest absolute Gasteiger partial charge is 0.374 e. The van der Waals surface area contributed by atoms with Crippen molar-refractivity contribution in [1.82, 2.24) is 0 Å². The fourth-order valence-electron chi connectivity index (χ4n) is 2.63. The van der Waals surface area contributed by atoms with Crippen LogP contribution in [-0.2, 0) is 9.53 Å². The van der Waals surface area contributed by atoms with Crippen molar-refractivity contribution in [2.45, 2.75) is 20.8 Å². The molecule has 0 atom stereocenters. The number of carbonyl (C=O) groups is 2. The molecule has 138 valence electrons. The quantitative estimate of drug-likeness (QED) is 0.715. The van der Waals surface area contributed by atoms with Gasteiger partial charge in [-0.1, -0.05) is 23.8 Å². The minimum absolute atomic E-state index is 0.240. The Bertz CT molecular complexity index is 1100. The maximum atomic E-state index is 12.2. The highest BCUT2D eigenvalue weighted by Gasteiger charge is 2.16. The van der Waals surface area contributed by atoms with Crippen molar-refractivity contribution in [1.29, 1.82) is 0 Å². The third-order valence-electron chi connectivity index (χ3n) is 4.09. The Balaban J connectivity index is 1.69. The van der Waals surface area contributed by atoms with E-state index in [2.05, 4.69) is 5.32 Å². The molecule has 0 saturated carbocycles. The molecule has 2 aromatic carbocycles. The van der Waals surface area contributed by atoms with Gasteiger partial charge in [-0.15, -0.1) is 0 Å². The fraction of sp³-hybridized carbons (Fsp3) is 0.190. The molecule has 0 aliphatic rings. The molecule has 0 spiro atoms. The van der Waals surface area contributed by atoms with Crippen LogP contribution < -0.4 is 10.7 Å². The molecule has 0 unspecified atom stereocenters. The predicted molar refractivity (Wildman–Crippen MR) is 102 cm³/mol. The first kappa shape index (κ1) is 18.4. The molecule has 0 radical (unpaired) electrons. The first-order chi connectivity index (χ1) is 12.8. The molecule has 0 saturated heterocycles. The number of benzene rings is 2. The zero-order chi connectivity index (χ0) is 19.6. The number of rotatable bonds is 4. The van der Waals surface area contributed by atoms with Crippen LogP contribution in [0.2, 0.25) is 0 Å². The lowest BCUT2D eigenvalue weighted by Crippen LogP contribution is -2.22. The van der Waals surface area contributed by atoms with Crippen molar-refractivity contribution in [3.63, 3.8) is 0 Å². The zero-order valence-electron chi connectivity index (χ0n) is 15.3. The van der Waals surface area contributed by atoms with E-state index in [1.54, 1.807) is 18.2 Å². The molecule has 1 N–H and O–H groups in total. The molecule has 0 aliphatic carbocycles. The van der Waals surface area contributed by atoms with Gasteiger partial charge in [-0.3, -0.25) is 9.59 Å². The number of carbonyl (C=O) groups excluding carboxylic acids is 2. The van der Waals surface area contributed by atoms with Crippen LogP contribution in [0.15, 0.2) is 51.7 Å². The van der Waals surface area contributed by atoms with E-state index >= 15 is 0 Å². The van der Waals surface area contributed by atoms with E-state index in [9.17, 15) is 14.4 Å². The molecule has 0 fully saturated rings. The van der Waals surface area contributed by atoms with E-state index in [4.69, 9.17) is 9.15 Å². The van der Waals surface area contributed by atoms with E-state index in [1.165, 1.54) is 0 Å². The van der Waals surface area contributed by atoms with Crippen LogP contribution in [-0.4, -0.2) is 18.5 Å². The number of esters is 1. The summed E-state index contributed by atoms with van der Waals surface area (Å²) in [6.07, 6.45) is 0. The number of fused-ring (bicyclic) bond motifs is 1. The fourth-order valence-corrected chi connectivity index (χ4v) is 2.63. The summed E-state index contributed by atoms with van der Waals surface area (Å²) in [6, 6.07) is 11.8. The maximum Gasteiger partial charge on any atom is 0.374 e. The molecular formula is C21H19NO5. The first-order valence-corrected chi connectivity index (χ1v) is 8.42. The Morgan fingerprint density at radius 2 is 1.70 bits per heavy atom.